The van der Waals surface area contributed by atoms with Gasteiger partial charge in [0, 0.05) is 6.04 Å². The number of rotatable bonds is 3. The first-order valence-corrected chi connectivity index (χ1v) is 6.99. The molecule has 5 nitrogen and oxygen atoms in total. The van der Waals surface area contributed by atoms with E-state index in [0.717, 1.165) is 23.8 Å². The maximum absolute atomic E-state index is 11.6. The Hall–Kier alpha value is -1.30. The smallest absolute Gasteiger partial charge is 0.344 e. The fourth-order valence-electron chi connectivity index (χ4n) is 2.29. The summed E-state index contributed by atoms with van der Waals surface area (Å²) >= 11 is 1.23. The maximum atomic E-state index is 11.6. The zero-order valence-electron chi connectivity index (χ0n) is 10.7. The molecule has 2 rings (SSSR count). The summed E-state index contributed by atoms with van der Waals surface area (Å²) in [7, 11) is 1.35. The molecular formula is C12H19N3O2S. The fourth-order valence-corrected chi connectivity index (χ4v) is 3.07. The van der Waals surface area contributed by atoms with Gasteiger partial charge in [-0.05, 0) is 43.1 Å². The molecular weight excluding hydrogens is 250 g/mol. The molecule has 0 unspecified atom stereocenters. The van der Waals surface area contributed by atoms with E-state index in [1.54, 1.807) is 0 Å². The Bertz CT molecular complexity index is 425. The third-order valence-corrected chi connectivity index (χ3v) is 4.25. The van der Waals surface area contributed by atoms with Gasteiger partial charge in [-0.3, -0.25) is 0 Å². The summed E-state index contributed by atoms with van der Waals surface area (Å²) in [5, 5.41) is 4.12. The third-order valence-electron chi connectivity index (χ3n) is 3.46. The number of nitrogens with two attached hydrogens (primary N) is 1. The lowest BCUT2D eigenvalue weighted by Crippen LogP contribution is -2.25. The summed E-state index contributed by atoms with van der Waals surface area (Å²) in [6.07, 6.45) is 4.69. The molecule has 0 aromatic carbocycles. The second-order valence-corrected chi connectivity index (χ2v) is 5.64. The van der Waals surface area contributed by atoms with Crippen molar-refractivity contribution in [3.8, 4) is 0 Å². The van der Waals surface area contributed by atoms with Gasteiger partial charge < -0.3 is 15.8 Å². The summed E-state index contributed by atoms with van der Waals surface area (Å²) in [6.45, 7) is 2.28. The highest BCUT2D eigenvalue weighted by molar-refractivity contribution is 7.11. The Morgan fingerprint density at radius 2 is 2.11 bits per heavy atom. The lowest BCUT2D eigenvalue weighted by atomic mass is 9.87. The zero-order valence-corrected chi connectivity index (χ0v) is 11.5. The van der Waals surface area contributed by atoms with E-state index in [4.69, 9.17) is 10.5 Å². The van der Waals surface area contributed by atoms with E-state index in [9.17, 15) is 4.79 Å². The molecule has 1 aliphatic rings. The number of carbonyl (C=O) groups is 1. The van der Waals surface area contributed by atoms with Crippen LogP contribution in [0.1, 0.15) is 43.0 Å². The van der Waals surface area contributed by atoms with Gasteiger partial charge in [0.15, 0.2) is 5.82 Å². The van der Waals surface area contributed by atoms with Gasteiger partial charge in [-0.1, -0.05) is 6.92 Å². The van der Waals surface area contributed by atoms with E-state index in [1.807, 2.05) is 0 Å². The predicted molar refractivity (Wildman–Crippen MR) is 72.9 cm³/mol. The molecule has 100 valence electrons. The number of nitrogens with zero attached hydrogens (tertiary/aromatic N) is 1. The number of anilines is 2. The molecule has 0 amide bonds. The summed E-state index contributed by atoms with van der Waals surface area (Å²) in [4.78, 5) is 11.6. The first-order chi connectivity index (χ1) is 8.61. The fraction of sp³-hybridized carbons (Fsp3) is 0.667. The number of ether oxygens (including phenoxy) is 1. The van der Waals surface area contributed by atoms with Crippen LogP contribution in [-0.4, -0.2) is 23.5 Å². The zero-order chi connectivity index (χ0) is 13.1. The molecule has 1 fully saturated rings. The molecule has 0 bridgehead atoms. The van der Waals surface area contributed by atoms with E-state index in [1.165, 1.54) is 31.5 Å². The lowest BCUT2D eigenvalue weighted by Gasteiger charge is -2.27. The summed E-state index contributed by atoms with van der Waals surface area (Å²) in [5.41, 5.74) is 6.08. The molecule has 0 radical (unpaired) electrons. The first kappa shape index (κ1) is 13.1. The van der Waals surface area contributed by atoms with Crippen molar-refractivity contribution < 1.29 is 9.53 Å². The van der Waals surface area contributed by atoms with E-state index in [-0.39, 0.29) is 5.82 Å². The van der Waals surface area contributed by atoms with E-state index in [2.05, 4.69) is 16.6 Å². The minimum atomic E-state index is -0.423. The van der Waals surface area contributed by atoms with E-state index in [0.29, 0.717) is 11.6 Å². The summed E-state index contributed by atoms with van der Waals surface area (Å²) in [5.74, 6) is 0.626. The lowest BCUT2D eigenvalue weighted by molar-refractivity contribution is 0.0603. The highest BCUT2D eigenvalue weighted by atomic mass is 32.1. The van der Waals surface area contributed by atoms with Gasteiger partial charge in [0.2, 0.25) is 0 Å². The highest BCUT2D eigenvalue weighted by Crippen LogP contribution is 2.31. The molecule has 1 aromatic rings. The first-order valence-electron chi connectivity index (χ1n) is 6.21. The van der Waals surface area contributed by atoms with Crippen molar-refractivity contribution in [2.45, 2.75) is 38.6 Å². The Labute approximate surface area is 111 Å². The Morgan fingerprint density at radius 3 is 2.72 bits per heavy atom. The monoisotopic (exact) mass is 269 g/mol. The van der Waals surface area contributed by atoms with Gasteiger partial charge in [0.05, 0.1) is 7.11 Å². The van der Waals surface area contributed by atoms with Crippen molar-refractivity contribution in [2.75, 3.05) is 18.2 Å². The van der Waals surface area contributed by atoms with Gasteiger partial charge in [-0.15, -0.1) is 0 Å². The van der Waals surface area contributed by atoms with Crippen LogP contribution >= 0.6 is 11.5 Å². The van der Waals surface area contributed by atoms with Crippen molar-refractivity contribution >= 4 is 28.3 Å². The minimum Gasteiger partial charge on any atom is -0.465 e. The third kappa shape index (κ3) is 2.75. The number of nitrogen functional groups attached to an aromatic ring is 1. The van der Waals surface area contributed by atoms with Crippen LogP contribution < -0.4 is 11.1 Å². The SMILES string of the molecule is COC(=O)c1c(N)nsc1NC1CCC(C)CC1. The molecule has 18 heavy (non-hydrogen) atoms. The van der Waals surface area contributed by atoms with Crippen LogP contribution in [-0.2, 0) is 4.74 Å². The highest BCUT2D eigenvalue weighted by Gasteiger charge is 2.24. The predicted octanol–water partition coefficient (Wildman–Crippen LogP) is 2.50. The number of methoxy groups -OCH3 is 1. The molecule has 1 aromatic heterocycles. The Balaban J connectivity index is 2.07. The van der Waals surface area contributed by atoms with Crippen molar-refractivity contribution in [1.82, 2.24) is 4.37 Å². The van der Waals surface area contributed by atoms with Crippen LogP contribution in [0.5, 0.6) is 0 Å². The van der Waals surface area contributed by atoms with Crippen molar-refractivity contribution in [3.63, 3.8) is 0 Å². The molecule has 3 N–H and O–H groups in total. The molecule has 0 saturated heterocycles. The summed E-state index contributed by atoms with van der Waals surface area (Å²) < 4.78 is 8.75. The molecule has 6 heteroatoms. The standard InChI is InChI=1S/C12H19N3O2S/c1-7-3-5-8(6-4-7)14-11-9(12(16)17-2)10(13)15-18-11/h7-8,14H,3-6H2,1-2H3,(H2,13,15). The van der Waals surface area contributed by atoms with Crippen molar-refractivity contribution in [1.29, 1.82) is 0 Å². The minimum absolute atomic E-state index is 0.249. The van der Waals surface area contributed by atoms with Crippen LogP contribution in [0.2, 0.25) is 0 Å². The molecule has 1 saturated carbocycles. The van der Waals surface area contributed by atoms with Crippen LogP contribution in [0.25, 0.3) is 0 Å². The quantitative estimate of drug-likeness (QED) is 0.824. The molecule has 0 aliphatic heterocycles. The summed E-state index contributed by atoms with van der Waals surface area (Å²) in [6, 6.07) is 0.407. The van der Waals surface area contributed by atoms with Gasteiger partial charge in [-0.2, -0.15) is 4.37 Å². The molecule has 1 aliphatic carbocycles. The van der Waals surface area contributed by atoms with Gasteiger partial charge in [-0.25, -0.2) is 4.79 Å². The van der Waals surface area contributed by atoms with Crippen LogP contribution in [0.3, 0.4) is 0 Å². The van der Waals surface area contributed by atoms with E-state index >= 15 is 0 Å². The van der Waals surface area contributed by atoms with Gasteiger partial charge >= 0.3 is 5.97 Å². The topological polar surface area (TPSA) is 77.2 Å². The molecule has 1 heterocycles. The van der Waals surface area contributed by atoms with Gasteiger partial charge in [0.25, 0.3) is 0 Å². The second-order valence-electron chi connectivity index (χ2n) is 4.86. The Morgan fingerprint density at radius 1 is 1.44 bits per heavy atom. The molecule has 0 spiro atoms. The normalized spacial score (nSPS) is 23.7. The second kappa shape index (κ2) is 5.56. The number of hydrogen-bond donors (Lipinski definition) is 2. The van der Waals surface area contributed by atoms with Crippen LogP contribution in [0, 0.1) is 5.92 Å². The van der Waals surface area contributed by atoms with Crippen LogP contribution in [0.4, 0.5) is 10.8 Å². The van der Waals surface area contributed by atoms with Gasteiger partial charge in [0.1, 0.15) is 10.6 Å². The largest absolute Gasteiger partial charge is 0.465 e. The number of esters is 1. The number of aromatic nitrogens is 1. The van der Waals surface area contributed by atoms with Crippen molar-refractivity contribution in [3.05, 3.63) is 5.56 Å². The average Bonchev–Trinajstić information content (AvgIpc) is 2.72. The number of hydrogen-bond acceptors (Lipinski definition) is 6. The number of carbonyl (C=O) groups excluding carboxylic acids is 1. The van der Waals surface area contributed by atoms with Crippen LogP contribution in [0.15, 0.2) is 0 Å². The average molecular weight is 269 g/mol. The number of nitrogens with one attached hydrogen (secondary N) is 1. The van der Waals surface area contributed by atoms with E-state index < -0.39 is 5.97 Å². The Kier molecular flexibility index (Phi) is 4.06. The van der Waals surface area contributed by atoms with Crippen molar-refractivity contribution in [2.24, 2.45) is 5.92 Å². The maximum Gasteiger partial charge on any atom is 0.344 e. The molecule has 0 atom stereocenters.